The molecule has 0 bridgehead atoms. The van der Waals surface area contributed by atoms with Crippen molar-refractivity contribution in [1.82, 2.24) is 7.96 Å². The molecule has 2 aromatic rings. The van der Waals surface area contributed by atoms with Gasteiger partial charge in [-0.2, -0.15) is 0 Å². The van der Waals surface area contributed by atoms with Gasteiger partial charge in [0.15, 0.2) is 0 Å². The third kappa shape index (κ3) is 0.870. The zero-order valence-corrected chi connectivity index (χ0v) is 7.38. The summed E-state index contributed by atoms with van der Waals surface area (Å²) in [5, 5.41) is 0.709. The van der Waals surface area contributed by atoms with Gasteiger partial charge in [0.1, 0.15) is 0 Å². The summed E-state index contributed by atoms with van der Waals surface area (Å²) in [6.07, 6.45) is 0. The third-order valence-corrected chi connectivity index (χ3v) is 2.68. The number of nitrogens with zero attached hydrogens (tertiary/aromatic N) is 2. The predicted octanol–water partition coefficient (Wildman–Crippen LogP) is 1.34. The van der Waals surface area contributed by atoms with E-state index in [4.69, 9.17) is 11.6 Å². The molecular formula is C6H3ClN2Se. The summed E-state index contributed by atoms with van der Waals surface area (Å²) < 4.78 is 8.33. The molecule has 2 rings (SSSR count). The number of hydrogen-bond donors (Lipinski definition) is 0. The molecule has 10 heavy (non-hydrogen) atoms. The molecule has 4 heteroatoms. The fraction of sp³-hybridized carbons (Fsp3) is 0. The van der Waals surface area contributed by atoms with E-state index in [2.05, 4.69) is 7.96 Å². The summed E-state index contributed by atoms with van der Waals surface area (Å²) in [7, 11) is 0. The number of aromatic nitrogens is 2. The van der Waals surface area contributed by atoms with Crippen LogP contribution in [0.2, 0.25) is 5.02 Å². The maximum absolute atomic E-state index is 5.83. The van der Waals surface area contributed by atoms with E-state index >= 15 is 0 Å². The first-order valence-electron chi connectivity index (χ1n) is 2.75. The molecule has 0 aliphatic heterocycles. The first-order chi connectivity index (χ1) is 4.88. The summed E-state index contributed by atoms with van der Waals surface area (Å²) in [6.45, 7) is 0. The number of fused-ring (bicyclic) bond motifs is 1. The molecular weight excluding hydrogens is 214 g/mol. The average Bonchev–Trinajstić information content (AvgIpc) is 2.36. The number of halogens is 1. The van der Waals surface area contributed by atoms with Crippen LogP contribution in [-0.2, 0) is 0 Å². The average molecular weight is 218 g/mol. The Balaban J connectivity index is 2.95. The quantitative estimate of drug-likeness (QED) is 0.623. The van der Waals surface area contributed by atoms with Gasteiger partial charge in [0.25, 0.3) is 0 Å². The van der Waals surface area contributed by atoms with Gasteiger partial charge in [0.2, 0.25) is 0 Å². The fourth-order valence-corrected chi connectivity index (χ4v) is 2.25. The zero-order chi connectivity index (χ0) is 6.97. The van der Waals surface area contributed by atoms with Crippen LogP contribution in [0.15, 0.2) is 18.2 Å². The summed E-state index contributed by atoms with van der Waals surface area (Å²) in [5.41, 5.74) is 1.80. The van der Waals surface area contributed by atoms with Crippen molar-refractivity contribution >= 4 is 37.6 Å². The van der Waals surface area contributed by atoms with Crippen molar-refractivity contribution in [1.29, 1.82) is 0 Å². The van der Waals surface area contributed by atoms with Crippen LogP contribution in [0.4, 0.5) is 0 Å². The Morgan fingerprint density at radius 2 is 2.20 bits per heavy atom. The summed E-state index contributed by atoms with van der Waals surface area (Å²) in [4.78, 5) is 0. The van der Waals surface area contributed by atoms with Gasteiger partial charge in [-0.05, 0) is 0 Å². The van der Waals surface area contributed by atoms with Gasteiger partial charge in [0.05, 0.1) is 0 Å². The minimum atomic E-state index is 0.0350. The fourth-order valence-electron chi connectivity index (χ4n) is 0.773. The first kappa shape index (κ1) is 6.35. The molecule has 0 aliphatic rings. The van der Waals surface area contributed by atoms with E-state index < -0.39 is 0 Å². The molecule has 0 radical (unpaired) electrons. The van der Waals surface area contributed by atoms with Gasteiger partial charge in [-0.3, -0.25) is 0 Å². The summed E-state index contributed by atoms with van der Waals surface area (Å²) in [5.74, 6) is 0. The van der Waals surface area contributed by atoms with E-state index in [-0.39, 0.29) is 15.0 Å². The van der Waals surface area contributed by atoms with Gasteiger partial charge in [-0.15, -0.1) is 0 Å². The van der Waals surface area contributed by atoms with E-state index in [1.165, 1.54) is 0 Å². The van der Waals surface area contributed by atoms with Crippen LogP contribution in [0.3, 0.4) is 0 Å². The zero-order valence-electron chi connectivity index (χ0n) is 4.91. The molecule has 0 aliphatic carbocycles. The Kier molecular flexibility index (Phi) is 1.49. The summed E-state index contributed by atoms with van der Waals surface area (Å²) in [6, 6.07) is 5.65. The molecule has 50 valence electrons. The van der Waals surface area contributed by atoms with E-state index in [9.17, 15) is 0 Å². The third-order valence-electron chi connectivity index (χ3n) is 1.24. The molecule has 2 nitrogen and oxygen atoms in total. The molecule has 0 saturated carbocycles. The van der Waals surface area contributed by atoms with Crippen molar-refractivity contribution in [2.45, 2.75) is 0 Å². The molecule has 1 aromatic carbocycles. The monoisotopic (exact) mass is 218 g/mol. The van der Waals surface area contributed by atoms with Crippen LogP contribution in [0.25, 0.3) is 11.0 Å². The second-order valence-electron chi connectivity index (χ2n) is 1.87. The van der Waals surface area contributed by atoms with E-state index in [1.54, 1.807) is 0 Å². The normalized spacial score (nSPS) is 10.5. The van der Waals surface area contributed by atoms with Gasteiger partial charge in [-0.1, -0.05) is 0 Å². The first-order valence-corrected chi connectivity index (χ1v) is 4.66. The Hall–Kier alpha value is -0.371. The van der Waals surface area contributed by atoms with Crippen LogP contribution in [0.1, 0.15) is 0 Å². The van der Waals surface area contributed by atoms with Crippen molar-refractivity contribution < 1.29 is 0 Å². The topological polar surface area (TPSA) is 25.8 Å². The van der Waals surface area contributed by atoms with Crippen LogP contribution in [-0.4, -0.2) is 22.9 Å². The predicted molar refractivity (Wildman–Crippen MR) is 41.5 cm³/mol. The molecule has 1 aromatic heterocycles. The maximum atomic E-state index is 5.83. The molecule has 1 heterocycles. The van der Waals surface area contributed by atoms with Crippen LogP contribution >= 0.6 is 11.6 Å². The van der Waals surface area contributed by atoms with Gasteiger partial charge in [-0.25, -0.2) is 0 Å². The van der Waals surface area contributed by atoms with E-state index in [1.807, 2.05) is 18.2 Å². The second-order valence-corrected chi connectivity index (χ2v) is 3.39. The Morgan fingerprint density at radius 3 is 3.00 bits per heavy atom. The Bertz CT molecular complexity index is 357. The van der Waals surface area contributed by atoms with Crippen LogP contribution in [0, 0.1) is 0 Å². The molecule has 0 fully saturated rings. The molecule has 0 unspecified atom stereocenters. The number of benzene rings is 1. The standard InChI is InChI=1S/C6H3ClN2Se/c7-4-2-1-3-5-6(4)9-10-8-5/h1-3H. The summed E-state index contributed by atoms with van der Waals surface area (Å²) >= 11 is 5.86. The van der Waals surface area contributed by atoms with Gasteiger partial charge < -0.3 is 0 Å². The second kappa shape index (κ2) is 2.35. The molecule has 0 N–H and O–H groups in total. The van der Waals surface area contributed by atoms with E-state index in [0.29, 0.717) is 5.02 Å². The van der Waals surface area contributed by atoms with Crippen LogP contribution in [0.5, 0.6) is 0 Å². The van der Waals surface area contributed by atoms with Crippen molar-refractivity contribution in [2.24, 2.45) is 0 Å². The van der Waals surface area contributed by atoms with Crippen molar-refractivity contribution in [2.75, 3.05) is 0 Å². The minimum absolute atomic E-state index is 0.0350. The van der Waals surface area contributed by atoms with Gasteiger partial charge >= 0.3 is 68.8 Å². The SMILES string of the molecule is Clc1cccc2n[se]nc12. The van der Waals surface area contributed by atoms with Crippen molar-refractivity contribution in [3.63, 3.8) is 0 Å². The molecule has 0 spiro atoms. The molecule has 0 saturated heterocycles. The van der Waals surface area contributed by atoms with Crippen LogP contribution < -0.4 is 0 Å². The number of hydrogen-bond acceptors (Lipinski definition) is 2. The number of rotatable bonds is 0. The Labute approximate surface area is 69.1 Å². The van der Waals surface area contributed by atoms with E-state index in [0.717, 1.165) is 11.0 Å². The molecule has 0 amide bonds. The molecule has 0 atom stereocenters. The van der Waals surface area contributed by atoms with Crippen molar-refractivity contribution in [3.8, 4) is 0 Å². The Morgan fingerprint density at radius 1 is 1.30 bits per heavy atom. The van der Waals surface area contributed by atoms with Gasteiger partial charge in [0, 0.05) is 0 Å². The van der Waals surface area contributed by atoms with Crippen molar-refractivity contribution in [3.05, 3.63) is 23.2 Å².